The lowest BCUT2D eigenvalue weighted by Crippen LogP contribution is -2.41. The second-order valence-electron chi connectivity index (χ2n) is 7.26. The van der Waals surface area contributed by atoms with Gasteiger partial charge in [-0.2, -0.15) is 13.2 Å². The first-order valence-corrected chi connectivity index (χ1v) is 10.3. The average Bonchev–Trinajstić information content (AvgIpc) is 2.77. The highest BCUT2D eigenvalue weighted by Crippen LogP contribution is 2.36. The first kappa shape index (κ1) is 25.2. The summed E-state index contributed by atoms with van der Waals surface area (Å²) in [4.78, 5) is 30.5. The SMILES string of the molecule is C=C(CCNC(=O)COc1cnc(C(F)(F)F)nc1)NC(=O)[C@H]1C[C@@H](O)c2cc(Cl)ccc2O1. The molecule has 0 bridgehead atoms. The molecule has 13 heteroatoms. The van der Waals surface area contributed by atoms with Crippen molar-refractivity contribution in [3.05, 3.63) is 59.3 Å². The monoisotopic (exact) mass is 500 g/mol. The lowest BCUT2D eigenvalue weighted by Gasteiger charge is -2.29. The number of aliphatic hydroxyl groups is 1. The van der Waals surface area contributed by atoms with Gasteiger partial charge in [0.05, 0.1) is 18.5 Å². The molecule has 1 aliphatic rings. The van der Waals surface area contributed by atoms with E-state index in [1.54, 1.807) is 18.2 Å². The minimum Gasteiger partial charge on any atom is -0.481 e. The van der Waals surface area contributed by atoms with Crippen molar-refractivity contribution in [3.63, 3.8) is 0 Å². The van der Waals surface area contributed by atoms with Gasteiger partial charge in [-0.05, 0) is 18.2 Å². The summed E-state index contributed by atoms with van der Waals surface area (Å²) < 4.78 is 48.0. The van der Waals surface area contributed by atoms with Crippen molar-refractivity contribution in [1.82, 2.24) is 20.6 Å². The number of nitrogens with one attached hydrogen (secondary N) is 2. The van der Waals surface area contributed by atoms with Crippen molar-refractivity contribution in [3.8, 4) is 11.5 Å². The van der Waals surface area contributed by atoms with Crippen molar-refractivity contribution in [2.24, 2.45) is 0 Å². The van der Waals surface area contributed by atoms with Crippen LogP contribution in [0.15, 0.2) is 42.9 Å². The van der Waals surface area contributed by atoms with Gasteiger partial charge in [-0.15, -0.1) is 0 Å². The van der Waals surface area contributed by atoms with Crippen LogP contribution in [-0.4, -0.2) is 46.1 Å². The van der Waals surface area contributed by atoms with Gasteiger partial charge < -0.3 is 25.2 Å². The molecule has 0 saturated carbocycles. The molecule has 9 nitrogen and oxygen atoms in total. The zero-order valence-corrected chi connectivity index (χ0v) is 18.3. The number of rotatable bonds is 8. The Morgan fingerprint density at radius 1 is 1.29 bits per heavy atom. The molecular weight excluding hydrogens is 481 g/mol. The number of benzene rings is 1. The molecule has 0 aliphatic carbocycles. The molecule has 0 unspecified atom stereocenters. The van der Waals surface area contributed by atoms with Gasteiger partial charge >= 0.3 is 6.18 Å². The summed E-state index contributed by atoms with van der Waals surface area (Å²) in [7, 11) is 0. The highest BCUT2D eigenvalue weighted by atomic mass is 35.5. The molecule has 34 heavy (non-hydrogen) atoms. The topological polar surface area (TPSA) is 123 Å². The van der Waals surface area contributed by atoms with Crippen LogP contribution >= 0.6 is 11.6 Å². The summed E-state index contributed by atoms with van der Waals surface area (Å²) >= 11 is 5.91. The maximum atomic E-state index is 12.4. The fraction of sp³-hybridized carbons (Fsp3) is 0.333. The Labute approximate surface area is 196 Å². The molecule has 3 rings (SSSR count). The average molecular weight is 501 g/mol. The molecule has 0 fully saturated rings. The molecule has 0 saturated heterocycles. The summed E-state index contributed by atoms with van der Waals surface area (Å²) in [5, 5.41) is 15.8. The first-order valence-electron chi connectivity index (χ1n) is 9.94. The largest absolute Gasteiger partial charge is 0.481 e. The van der Waals surface area contributed by atoms with E-state index in [4.69, 9.17) is 21.1 Å². The second-order valence-corrected chi connectivity index (χ2v) is 7.70. The quantitative estimate of drug-likeness (QED) is 0.509. The fourth-order valence-electron chi connectivity index (χ4n) is 2.99. The standard InChI is InChI=1S/C21H20ClF3N4O5/c1-11(29-19(32)17-7-15(30)14-6-12(22)2-3-16(14)34-17)4-5-26-18(31)10-33-13-8-27-20(28-9-13)21(23,24)25/h2-3,6,8-9,15,17,30H,1,4-5,7,10H2,(H,26,31)(H,29,32)/t15-,17-/m1/s1. The number of hydrogen-bond donors (Lipinski definition) is 3. The Balaban J connectivity index is 1.37. The number of hydrogen-bond acceptors (Lipinski definition) is 7. The van der Waals surface area contributed by atoms with Crippen LogP contribution < -0.4 is 20.1 Å². The number of halogens is 4. The van der Waals surface area contributed by atoms with Gasteiger partial charge in [-0.3, -0.25) is 9.59 Å². The number of ether oxygens (including phenoxy) is 2. The number of alkyl halides is 3. The van der Waals surface area contributed by atoms with Gasteiger partial charge in [0.25, 0.3) is 11.8 Å². The molecule has 2 aromatic rings. The molecule has 2 atom stereocenters. The summed E-state index contributed by atoms with van der Waals surface area (Å²) in [6.07, 6.45) is -4.66. The van der Waals surface area contributed by atoms with Gasteiger partial charge in [-0.25, -0.2) is 9.97 Å². The molecule has 1 aromatic carbocycles. The summed E-state index contributed by atoms with van der Waals surface area (Å²) in [6.45, 7) is 3.37. The number of fused-ring (bicyclic) bond motifs is 1. The van der Waals surface area contributed by atoms with Gasteiger partial charge in [0, 0.05) is 35.7 Å². The molecule has 1 aliphatic heterocycles. The van der Waals surface area contributed by atoms with Crippen LogP contribution in [0.1, 0.15) is 30.3 Å². The first-order chi connectivity index (χ1) is 16.0. The normalized spacial score (nSPS) is 17.2. The van der Waals surface area contributed by atoms with Crippen LogP contribution in [0.4, 0.5) is 13.2 Å². The predicted octanol–water partition coefficient (Wildman–Crippen LogP) is 2.55. The smallest absolute Gasteiger partial charge is 0.451 e. The van der Waals surface area contributed by atoms with Crippen LogP contribution in [0.2, 0.25) is 5.02 Å². The highest BCUT2D eigenvalue weighted by molar-refractivity contribution is 6.30. The Morgan fingerprint density at radius 3 is 2.68 bits per heavy atom. The van der Waals surface area contributed by atoms with E-state index in [-0.39, 0.29) is 25.1 Å². The molecule has 182 valence electrons. The lowest BCUT2D eigenvalue weighted by atomic mass is 9.98. The zero-order valence-electron chi connectivity index (χ0n) is 17.6. The van der Waals surface area contributed by atoms with Crippen molar-refractivity contribution in [2.75, 3.05) is 13.2 Å². The molecule has 0 radical (unpaired) electrons. The summed E-state index contributed by atoms with van der Waals surface area (Å²) in [6, 6.07) is 4.73. The highest BCUT2D eigenvalue weighted by Gasteiger charge is 2.34. The summed E-state index contributed by atoms with van der Waals surface area (Å²) in [5.41, 5.74) is 0.811. The molecule has 2 amide bonds. The van der Waals surface area contributed by atoms with Crippen LogP contribution in [0.3, 0.4) is 0 Å². The van der Waals surface area contributed by atoms with E-state index in [9.17, 15) is 27.9 Å². The van der Waals surface area contributed by atoms with Crippen molar-refractivity contribution in [1.29, 1.82) is 0 Å². The van der Waals surface area contributed by atoms with E-state index in [2.05, 4.69) is 27.2 Å². The van der Waals surface area contributed by atoms with Gasteiger partial charge in [0.15, 0.2) is 18.5 Å². The Kier molecular flexibility index (Phi) is 7.94. The molecule has 0 spiro atoms. The van der Waals surface area contributed by atoms with E-state index in [1.165, 1.54) is 0 Å². The maximum absolute atomic E-state index is 12.4. The lowest BCUT2D eigenvalue weighted by molar-refractivity contribution is -0.145. The maximum Gasteiger partial charge on any atom is 0.451 e. The summed E-state index contributed by atoms with van der Waals surface area (Å²) in [5.74, 6) is -2.10. The van der Waals surface area contributed by atoms with E-state index in [0.29, 0.717) is 22.0 Å². The van der Waals surface area contributed by atoms with Crippen molar-refractivity contribution >= 4 is 23.4 Å². The van der Waals surface area contributed by atoms with Crippen molar-refractivity contribution in [2.45, 2.75) is 31.2 Å². The van der Waals surface area contributed by atoms with E-state index in [0.717, 1.165) is 12.4 Å². The zero-order chi connectivity index (χ0) is 24.9. The number of carbonyl (C=O) groups is 2. The number of amides is 2. The third kappa shape index (κ3) is 6.81. The number of aliphatic hydroxyl groups excluding tert-OH is 1. The predicted molar refractivity (Wildman–Crippen MR) is 113 cm³/mol. The minimum absolute atomic E-state index is 0.0359. The number of aromatic nitrogens is 2. The van der Waals surface area contributed by atoms with Crippen LogP contribution in [0.25, 0.3) is 0 Å². The molecule has 2 heterocycles. The van der Waals surface area contributed by atoms with E-state index in [1.807, 2.05) is 0 Å². The van der Waals surface area contributed by atoms with Crippen LogP contribution in [-0.2, 0) is 15.8 Å². The molecule has 3 N–H and O–H groups in total. The Bertz CT molecular complexity index is 1070. The number of nitrogens with zero attached hydrogens (tertiary/aromatic N) is 2. The third-order valence-electron chi connectivity index (χ3n) is 4.63. The van der Waals surface area contributed by atoms with E-state index < -0.39 is 42.6 Å². The van der Waals surface area contributed by atoms with Crippen molar-refractivity contribution < 1.29 is 37.3 Å². The van der Waals surface area contributed by atoms with E-state index >= 15 is 0 Å². The molecule has 1 aromatic heterocycles. The van der Waals surface area contributed by atoms with Gasteiger partial charge in [0.2, 0.25) is 5.82 Å². The van der Waals surface area contributed by atoms with Gasteiger partial charge in [-0.1, -0.05) is 18.2 Å². The molecular formula is C21H20ClF3N4O5. The van der Waals surface area contributed by atoms with Crippen LogP contribution in [0, 0.1) is 0 Å². The number of carbonyl (C=O) groups excluding carboxylic acids is 2. The second kappa shape index (κ2) is 10.7. The van der Waals surface area contributed by atoms with Crippen LogP contribution in [0.5, 0.6) is 11.5 Å². The Morgan fingerprint density at radius 2 is 2.00 bits per heavy atom. The minimum atomic E-state index is -4.67. The fourth-order valence-corrected chi connectivity index (χ4v) is 3.17. The Hall–Kier alpha value is -3.38. The van der Waals surface area contributed by atoms with Gasteiger partial charge in [0.1, 0.15) is 5.75 Å². The third-order valence-corrected chi connectivity index (χ3v) is 4.87.